The predicted molar refractivity (Wildman–Crippen MR) is 54.4 cm³/mol. The third kappa shape index (κ3) is 8.44. The van der Waals surface area contributed by atoms with Crippen molar-refractivity contribution in [3.8, 4) is 0 Å². The quantitative estimate of drug-likeness (QED) is 0.568. The molecule has 0 aliphatic carbocycles. The fourth-order valence-corrected chi connectivity index (χ4v) is 0.814. The van der Waals surface area contributed by atoms with Crippen molar-refractivity contribution >= 4 is 0 Å². The Hall–Kier alpha value is -0.160. The van der Waals surface area contributed by atoms with Gasteiger partial charge in [0, 0.05) is 20.3 Å². The maximum atomic E-state index is 9.12. The van der Waals surface area contributed by atoms with E-state index in [4.69, 9.17) is 19.3 Å². The van der Waals surface area contributed by atoms with Crippen LogP contribution in [0.4, 0.5) is 0 Å². The van der Waals surface area contributed by atoms with Crippen molar-refractivity contribution in [2.24, 2.45) is 0 Å². The van der Waals surface area contributed by atoms with Crippen LogP contribution in [0.2, 0.25) is 0 Å². The number of rotatable bonds is 9. The van der Waals surface area contributed by atoms with Crippen molar-refractivity contribution in [2.45, 2.75) is 32.5 Å². The summed E-state index contributed by atoms with van der Waals surface area (Å²) in [7, 11) is 1.65. The molecule has 0 rings (SSSR count). The molecule has 86 valence electrons. The van der Waals surface area contributed by atoms with E-state index in [-0.39, 0.29) is 6.10 Å². The molecule has 0 aromatic carbocycles. The largest absolute Gasteiger partial charge is 0.391 e. The van der Waals surface area contributed by atoms with E-state index in [1.165, 1.54) is 0 Å². The van der Waals surface area contributed by atoms with Crippen LogP contribution in [0, 0.1) is 0 Å². The third-order valence-electron chi connectivity index (χ3n) is 1.92. The number of hydrogen-bond acceptors (Lipinski definition) is 4. The van der Waals surface area contributed by atoms with Gasteiger partial charge in [-0.2, -0.15) is 0 Å². The molecule has 0 heterocycles. The fraction of sp³-hybridized carbons (Fsp3) is 1.00. The van der Waals surface area contributed by atoms with Gasteiger partial charge in [0.1, 0.15) is 0 Å². The molecule has 0 aliphatic rings. The number of hydrogen-bond donors (Lipinski definition) is 1. The van der Waals surface area contributed by atoms with Crippen molar-refractivity contribution in [1.82, 2.24) is 0 Å². The second kappa shape index (κ2) is 9.40. The highest BCUT2D eigenvalue weighted by molar-refractivity contribution is 4.56. The van der Waals surface area contributed by atoms with Gasteiger partial charge in [0.2, 0.25) is 0 Å². The smallest absolute Gasteiger partial charge is 0.0803 e. The van der Waals surface area contributed by atoms with Crippen molar-refractivity contribution in [3.63, 3.8) is 0 Å². The minimum absolute atomic E-state index is 0.103. The Balaban J connectivity index is 3.06. The van der Waals surface area contributed by atoms with E-state index < -0.39 is 6.10 Å². The highest BCUT2D eigenvalue weighted by atomic mass is 16.5. The summed E-state index contributed by atoms with van der Waals surface area (Å²) in [6, 6.07) is 0. The van der Waals surface area contributed by atoms with Crippen molar-refractivity contribution in [2.75, 3.05) is 33.5 Å². The molecular formula is C10H22O4. The summed E-state index contributed by atoms with van der Waals surface area (Å²) in [6.07, 6.45) is 0.333. The highest BCUT2D eigenvalue weighted by Crippen LogP contribution is 1.98. The molecule has 1 N–H and O–H groups in total. The van der Waals surface area contributed by atoms with E-state index in [9.17, 15) is 0 Å². The van der Waals surface area contributed by atoms with Crippen molar-refractivity contribution < 1.29 is 19.3 Å². The van der Waals surface area contributed by atoms with Crippen LogP contribution in [0.3, 0.4) is 0 Å². The van der Waals surface area contributed by atoms with Gasteiger partial charge in [-0.25, -0.2) is 0 Å². The predicted octanol–water partition coefficient (Wildman–Crippen LogP) is 0.825. The Morgan fingerprint density at radius 2 is 1.79 bits per heavy atom. The molecule has 2 atom stereocenters. The summed E-state index contributed by atoms with van der Waals surface area (Å²) < 4.78 is 15.4. The first kappa shape index (κ1) is 13.8. The van der Waals surface area contributed by atoms with E-state index in [2.05, 4.69) is 0 Å². The molecular weight excluding hydrogens is 184 g/mol. The molecule has 14 heavy (non-hydrogen) atoms. The van der Waals surface area contributed by atoms with Crippen LogP contribution in [-0.2, 0) is 14.2 Å². The number of methoxy groups -OCH3 is 1. The highest BCUT2D eigenvalue weighted by Gasteiger charge is 2.07. The van der Waals surface area contributed by atoms with Crippen LogP contribution in [0.5, 0.6) is 0 Å². The minimum atomic E-state index is -0.413. The molecule has 0 aromatic heterocycles. The second-order valence-electron chi connectivity index (χ2n) is 3.28. The van der Waals surface area contributed by atoms with Crippen LogP contribution in [0.15, 0.2) is 0 Å². The topological polar surface area (TPSA) is 47.9 Å². The van der Waals surface area contributed by atoms with Crippen LogP contribution < -0.4 is 0 Å². The first-order valence-corrected chi connectivity index (χ1v) is 5.04. The lowest BCUT2D eigenvalue weighted by molar-refractivity contribution is -0.0269. The molecule has 0 saturated carbocycles. The molecule has 0 spiro atoms. The Bertz CT molecular complexity index is 117. The summed E-state index contributed by atoms with van der Waals surface area (Å²) >= 11 is 0. The summed E-state index contributed by atoms with van der Waals surface area (Å²) in [5, 5.41) is 9.12. The lowest BCUT2D eigenvalue weighted by Gasteiger charge is -2.15. The molecule has 0 bridgehead atoms. The van der Waals surface area contributed by atoms with Gasteiger partial charge >= 0.3 is 0 Å². The summed E-state index contributed by atoms with van der Waals surface area (Å²) in [6.45, 7) is 6.14. The van der Waals surface area contributed by atoms with E-state index >= 15 is 0 Å². The Morgan fingerprint density at radius 1 is 1.07 bits per heavy atom. The average Bonchev–Trinajstić information content (AvgIpc) is 2.16. The molecule has 4 nitrogen and oxygen atoms in total. The van der Waals surface area contributed by atoms with Gasteiger partial charge in [0.25, 0.3) is 0 Å². The SMILES string of the molecule is COCCOCCCOC(C)[C@H](C)O. The van der Waals surface area contributed by atoms with Gasteiger partial charge in [-0.15, -0.1) is 0 Å². The van der Waals surface area contributed by atoms with Crippen LogP contribution >= 0.6 is 0 Å². The Labute approximate surface area is 86.2 Å². The second-order valence-corrected chi connectivity index (χ2v) is 3.28. The summed E-state index contributed by atoms with van der Waals surface area (Å²) in [5.74, 6) is 0. The minimum Gasteiger partial charge on any atom is -0.391 e. The van der Waals surface area contributed by atoms with Crippen molar-refractivity contribution in [1.29, 1.82) is 0 Å². The first-order chi connectivity index (χ1) is 6.68. The molecule has 0 fully saturated rings. The molecule has 4 heteroatoms. The standard InChI is InChI=1S/C10H22O4/c1-9(11)10(2)14-6-4-5-13-8-7-12-3/h9-11H,4-8H2,1-3H3/t9-,10?/m0/s1. The van der Waals surface area contributed by atoms with E-state index in [0.717, 1.165) is 6.42 Å². The average molecular weight is 206 g/mol. The number of ether oxygens (including phenoxy) is 3. The molecule has 0 radical (unpaired) electrons. The molecule has 0 aliphatic heterocycles. The van der Waals surface area contributed by atoms with Gasteiger partial charge in [0.05, 0.1) is 25.4 Å². The summed E-state index contributed by atoms with van der Waals surface area (Å²) in [4.78, 5) is 0. The first-order valence-electron chi connectivity index (χ1n) is 5.04. The van der Waals surface area contributed by atoms with Crippen LogP contribution in [0.1, 0.15) is 20.3 Å². The summed E-state index contributed by atoms with van der Waals surface area (Å²) in [5.41, 5.74) is 0. The van der Waals surface area contributed by atoms with Gasteiger partial charge < -0.3 is 19.3 Å². The normalized spacial score (nSPS) is 15.4. The van der Waals surface area contributed by atoms with E-state index in [1.54, 1.807) is 14.0 Å². The zero-order valence-corrected chi connectivity index (χ0v) is 9.36. The van der Waals surface area contributed by atoms with Gasteiger partial charge in [0.15, 0.2) is 0 Å². The van der Waals surface area contributed by atoms with Gasteiger partial charge in [-0.1, -0.05) is 0 Å². The molecule has 0 saturated heterocycles. The molecule has 0 aromatic rings. The Kier molecular flexibility index (Phi) is 9.29. The lowest BCUT2D eigenvalue weighted by atomic mass is 10.2. The van der Waals surface area contributed by atoms with E-state index in [1.807, 2.05) is 6.92 Å². The maximum Gasteiger partial charge on any atom is 0.0803 e. The number of aliphatic hydroxyl groups is 1. The Morgan fingerprint density at radius 3 is 2.36 bits per heavy atom. The molecule has 0 amide bonds. The zero-order chi connectivity index (χ0) is 10.8. The maximum absolute atomic E-state index is 9.12. The molecule has 1 unspecified atom stereocenters. The van der Waals surface area contributed by atoms with E-state index in [0.29, 0.717) is 26.4 Å². The van der Waals surface area contributed by atoms with Crippen molar-refractivity contribution in [3.05, 3.63) is 0 Å². The van der Waals surface area contributed by atoms with Gasteiger partial charge in [-0.3, -0.25) is 0 Å². The lowest BCUT2D eigenvalue weighted by Crippen LogP contribution is -2.23. The van der Waals surface area contributed by atoms with Crippen LogP contribution in [-0.4, -0.2) is 50.9 Å². The van der Waals surface area contributed by atoms with Gasteiger partial charge in [-0.05, 0) is 20.3 Å². The zero-order valence-electron chi connectivity index (χ0n) is 9.36. The van der Waals surface area contributed by atoms with Crippen LogP contribution in [0.25, 0.3) is 0 Å². The third-order valence-corrected chi connectivity index (χ3v) is 1.92. The monoisotopic (exact) mass is 206 g/mol. The number of aliphatic hydroxyl groups excluding tert-OH is 1. The fourth-order valence-electron chi connectivity index (χ4n) is 0.814.